The van der Waals surface area contributed by atoms with E-state index in [1.165, 1.54) is 5.56 Å². The van der Waals surface area contributed by atoms with Gasteiger partial charge in [0.25, 0.3) is 5.91 Å². The molecule has 5 rings (SSSR count). The molecule has 0 saturated heterocycles. The molecule has 5 aromatic rings. The number of fused-ring (bicyclic) bond motifs is 1. The van der Waals surface area contributed by atoms with E-state index in [9.17, 15) is 4.79 Å². The summed E-state index contributed by atoms with van der Waals surface area (Å²) in [6.07, 6.45) is 0.0892. The molecule has 0 bridgehead atoms. The maximum Gasteiger partial charge on any atom is 0.251 e. The topological polar surface area (TPSA) is 68.7 Å². The Hall–Kier alpha value is -4.89. The third kappa shape index (κ3) is 6.15. The molecule has 0 aliphatic heterocycles. The van der Waals surface area contributed by atoms with Crippen molar-refractivity contribution in [1.29, 1.82) is 0 Å². The van der Waals surface area contributed by atoms with Gasteiger partial charge in [-0.25, -0.2) is 9.83 Å². The molecule has 0 radical (unpaired) electrons. The largest absolute Gasteiger partial charge is 0.490 e. The Morgan fingerprint density at radius 3 is 2.32 bits per heavy atom. The lowest BCUT2D eigenvalue weighted by Crippen LogP contribution is -2.22. The standard InChI is InChI=1S/C35H33N3O3/c1-21(2)29-18-28(36-6)19-31-33(29)41-35(38-31)27-14-12-26(13-15-27)34(39)37-20-24-8-10-25(11-9-24)30-17-23(5)7-16-32(30)40-22(3)4/h7-19,21-22H,20H2,1-5H3,(H,37,39). The first-order chi connectivity index (χ1) is 19.7. The smallest absolute Gasteiger partial charge is 0.251 e. The van der Waals surface area contributed by atoms with Gasteiger partial charge in [0.05, 0.1) is 18.2 Å². The quantitative estimate of drug-likeness (QED) is 0.199. The fourth-order valence-corrected chi connectivity index (χ4v) is 4.74. The molecular formula is C35H33N3O3. The average molecular weight is 544 g/mol. The van der Waals surface area contributed by atoms with Crippen LogP contribution >= 0.6 is 0 Å². The molecule has 0 aliphatic carbocycles. The van der Waals surface area contributed by atoms with Crippen molar-refractivity contribution < 1.29 is 13.9 Å². The van der Waals surface area contributed by atoms with Gasteiger partial charge in [0.15, 0.2) is 11.3 Å². The SMILES string of the molecule is [C-]#[N+]c1cc(C(C)C)c2oc(-c3ccc(C(=O)NCc4ccc(-c5cc(C)ccc5OC(C)C)cc4)cc3)nc2c1. The first-order valence-electron chi connectivity index (χ1n) is 13.8. The minimum absolute atomic E-state index is 0.0892. The summed E-state index contributed by atoms with van der Waals surface area (Å²) in [5, 5.41) is 3.00. The number of oxazole rings is 1. The number of ether oxygens (including phenoxy) is 1. The molecule has 1 N–H and O–H groups in total. The van der Waals surface area contributed by atoms with E-state index in [4.69, 9.17) is 15.7 Å². The maximum atomic E-state index is 12.9. The number of hydrogen-bond acceptors (Lipinski definition) is 4. The summed E-state index contributed by atoms with van der Waals surface area (Å²) in [6.45, 7) is 18.0. The number of nitrogens with one attached hydrogen (secondary N) is 1. The van der Waals surface area contributed by atoms with Crippen molar-refractivity contribution in [2.75, 3.05) is 0 Å². The summed E-state index contributed by atoms with van der Waals surface area (Å²) in [4.78, 5) is 21.1. The summed E-state index contributed by atoms with van der Waals surface area (Å²) >= 11 is 0. The second kappa shape index (κ2) is 11.7. The molecule has 206 valence electrons. The summed E-state index contributed by atoms with van der Waals surface area (Å²) in [5.74, 6) is 1.36. The molecule has 0 spiro atoms. The number of amides is 1. The Kier molecular flexibility index (Phi) is 7.89. The van der Waals surface area contributed by atoms with E-state index >= 15 is 0 Å². The van der Waals surface area contributed by atoms with Gasteiger partial charge in [-0.05, 0) is 91.9 Å². The summed E-state index contributed by atoms with van der Waals surface area (Å²) in [5.41, 5.74) is 8.48. The van der Waals surface area contributed by atoms with Gasteiger partial charge < -0.3 is 14.5 Å². The Labute approximate surface area is 240 Å². The summed E-state index contributed by atoms with van der Waals surface area (Å²) < 4.78 is 12.1. The van der Waals surface area contributed by atoms with Gasteiger partial charge >= 0.3 is 0 Å². The van der Waals surface area contributed by atoms with Crippen LogP contribution in [0.5, 0.6) is 5.75 Å². The lowest BCUT2D eigenvalue weighted by Gasteiger charge is -2.15. The van der Waals surface area contributed by atoms with Crippen LogP contribution in [0.3, 0.4) is 0 Å². The number of aryl methyl sites for hydroxylation is 1. The summed E-state index contributed by atoms with van der Waals surface area (Å²) in [6, 6.07) is 25.2. The Morgan fingerprint density at radius 2 is 1.66 bits per heavy atom. The second-order valence-corrected chi connectivity index (χ2v) is 10.8. The van der Waals surface area contributed by atoms with Crippen LogP contribution in [0.2, 0.25) is 0 Å². The zero-order valence-electron chi connectivity index (χ0n) is 24.0. The van der Waals surface area contributed by atoms with Crippen LogP contribution < -0.4 is 10.1 Å². The van der Waals surface area contributed by atoms with Crippen LogP contribution in [-0.4, -0.2) is 17.0 Å². The molecule has 0 unspecified atom stereocenters. The molecule has 6 nitrogen and oxygen atoms in total. The molecule has 41 heavy (non-hydrogen) atoms. The van der Waals surface area contributed by atoms with E-state index in [0.717, 1.165) is 33.6 Å². The number of hydrogen-bond donors (Lipinski definition) is 1. The van der Waals surface area contributed by atoms with Crippen molar-refractivity contribution in [2.24, 2.45) is 0 Å². The van der Waals surface area contributed by atoms with Crippen molar-refractivity contribution >= 4 is 22.7 Å². The van der Waals surface area contributed by atoms with E-state index in [-0.39, 0.29) is 17.9 Å². The third-order valence-electron chi connectivity index (χ3n) is 6.86. The molecule has 6 heteroatoms. The lowest BCUT2D eigenvalue weighted by molar-refractivity contribution is 0.0951. The highest BCUT2D eigenvalue weighted by Gasteiger charge is 2.16. The third-order valence-corrected chi connectivity index (χ3v) is 6.86. The number of nitrogens with zero attached hydrogens (tertiary/aromatic N) is 2. The first-order valence-corrected chi connectivity index (χ1v) is 13.8. The van der Waals surface area contributed by atoms with Gasteiger partial charge in [0.2, 0.25) is 5.89 Å². The van der Waals surface area contributed by atoms with Crippen molar-refractivity contribution in [3.8, 4) is 28.3 Å². The van der Waals surface area contributed by atoms with E-state index in [1.54, 1.807) is 18.2 Å². The lowest BCUT2D eigenvalue weighted by atomic mass is 10.0. The van der Waals surface area contributed by atoms with Gasteiger partial charge in [-0.3, -0.25) is 4.79 Å². The van der Waals surface area contributed by atoms with E-state index in [2.05, 4.69) is 60.2 Å². The Morgan fingerprint density at radius 1 is 0.951 bits per heavy atom. The van der Waals surface area contributed by atoms with Crippen LogP contribution in [0, 0.1) is 13.5 Å². The predicted molar refractivity (Wildman–Crippen MR) is 163 cm³/mol. The van der Waals surface area contributed by atoms with E-state index < -0.39 is 0 Å². The van der Waals surface area contributed by atoms with Crippen molar-refractivity contribution in [3.05, 3.63) is 113 Å². The average Bonchev–Trinajstić information content (AvgIpc) is 3.40. The molecule has 0 saturated carbocycles. The van der Waals surface area contributed by atoms with Crippen LogP contribution in [0.4, 0.5) is 5.69 Å². The number of benzene rings is 4. The van der Waals surface area contributed by atoms with E-state index in [0.29, 0.717) is 34.8 Å². The van der Waals surface area contributed by atoms with Gasteiger partial charge in [0, 0.05) is 23.2 Å². The fraction of sp³-hybridized carbons (Fsp3) is 0.229. The molecule has 0 fully saturated rings. The zero-order chi connectivity index (χ0) is 29.1. The summed E-state index contributed by atoms with van der Waals surface area (Å²) in [7, 11) is 0. The Balaban J connectivity index is 1.27. The fourth-order valence-electron chi connectivity index (χ4n) is 4.74. The maximum absolute atomic E-state index is 12.9. The number of aromatic nitrogens is 1. The molecule has 0 aliphatic rings. The van der Waals surface area contributed by atoms with Crippen LogP contribution in [0.1, 0.15) is 60.7 Å². The molecule has 1 amide bonds. The van der Waals surface area contributed by atoms with Crippen LogP contribution in [0.15, 0.2) is 83.3 Å². The zero-order valence-corrected chi connectivity index (χ0v) is 24.0. The highest BCUT2D eigenvalue weighted by atomic mass is 16.5. The molecule has 1 heterocycles. The van der Waals surface area contributed by atoms with Gasteiger partial charge in [-0.15, -0.1) is 0 Å². The van der Waals surface area contributed by atoms with Crippen molar-refractivity contribution in [2.45, 2.75) is 53.2 Å². The van der Waals surface area contributed by atoms with Crippen molar-refractivity contribution in [3.63, 3.8) is 0 Å². The highest BCUT2D eigenvalue weighted by molar-refractivity contribution is 5.94. The van der Waals surface area contributed by atoms with Gasteiger partial charge in [-0.2, -0.15) is 0 Å². The Bertz CT molecular complexity index is 1740. The number of rotatable bonds is 8. The normalized spacial score (nSPS) is 11.2. The van der Waals surface area contributed by atoms with Crippen LogP contribution in [-0.2, 0) is 6.54 Å². The van der Waals surface area contributed by atoms with Gasteiger partial charge in [0.1, 0.15) is 5.75 Å². The molecular weight excluding hydrogens is 510 g/mol. The first kappa shape index (κ1) is 27.7. The highest BCUT2D eigenvalue weighted by Crippen LogP contribution is 2.34. The van der Waals surface area contributed by atoms with Crippen molar-refractivity contribution in [1.82, 2.24) is 10.3 Å². The monoisotopic (exact) mass is 543 g/mol. The number of carbonyl (C=O) groups excluding carboxylic acids is 1. The number of carbonyl (C=O) groups is 1. The molecule has 4 aromatic carbocycles. The molecule has 0 atom stereocenters. The minimum Gasteiger partial charge on any atom is -0.490 e. The minimum atomic E-state index is -0.159. The predicted octanol–water partition coefficient (Wildman–Crippen LogP) is 8.86. The van der Waals surface area contributed by atoms with Gasteiger partial charge in [-0.1, -0.05) is 49.7 Å². The van der Waals surface area contributed by atoms with E-state index in [1.807, 2.05) is 50.2 Å². The second-order valence-electron chi connectivity index (χ2n) is 10.8. The van der Waals surface area contributed by atoms with Crippen LogP contribution in [0.25, 0.3) is 38.5 Å². The molecule has 1 aromatic heterocycles.